The van der Waals surface area contributed by atoms with Gasteiger partial charge in [-0.3, -0.25) is 0 Å². The van der Waals surface area contributed by atoms with Gasteiger partial charge in [-0.1, -0.05) is 156 Å². The molecular formula is C40H73. The quantitative estimate of drug-likeness (QED) is 0.117. The van der Waals surface area contributed by atoms with Crippen LogP contribution < -0.4 is 0 Å². The third-order valence-electron chi connectivity index (χ3n) is 8.91. The first-order chi connectivity index (χ1) is 19.0. The molecule has 0 spiro atoms. The van der Waals surface area contributed by atoms with Crippen LogP contribution in [-0.4, -0.2) is 0 Å². The molecule has 1 radical (unpaired) electrons. The highest BCUT2D eigenvalue weighted by molar-refractivity contribution is 5.23. The molecule has 0 aromatic carbocycles. The van der Waals surface area contributed by atoms with E-state index in [1.165, 1.54) is 89.9 Å². The highest BCUT2D eigenvalue weighted by atomic mass is 14.4. The Bertz CT molecular complexity index is 671. The Morgan fingerprint density at radius 1 is 0.825 bits per heavy atom. The molecule has 4 unspecified atom stereocenters. The average molecular weight is 554 g/mol. The van der Waals surface area contributed by atoms with Gasteiger partial charge < -0.3 is 0 Å². The van der Waals surface area contributed by atoms with Gasteiger partial charge in [0.25, 0.3) is 0 Å². The van der Waals surface area contributed by atoms with Crippen molar-refractivity contribution in [3.63, 3.8) is 0 Å². The van der Waals surface area contributed by atoms with Gasteiger partial charge in [0.2, 0.25) is 0 Å². The Morgan fingerprint density at radius 3 is 1.93 bits per heavy atom. The number of rotatable bonds is 18. The van der Waals surface area contributed by atoms with E-state index in [-0.39, 0.29) is 0 Å². The second-order valence-corrected chi connectivity index (χ2v) is 14.4. The van der Waals surface area contributed by atoms with Gasteiger partial charge in [-0.2, -0.15) is 0 Å². The number of unbranched alkanes of at least 4 members (excludes halogenated alkanes) is 2. The van der Waals surface area contributed by atoms with Crippen LogP contribution in [0.5, 0.6) is 0 Å². The lowest BCUT2D eigenvalue weighted by atomic mass is 9.78. The Balaban J connectivity index is 0.000000706. The summed E-state index contributed by atoms with van der Waals surface area (Å²) in [6.45, 7) is 27.9. The first-order valence-corrected chi connectivity index (χ1v) is 17.5. The normalized spacial score (nSPS) is 20.1. The van der Waals surface area contributed by atoms with Crippen LogP contribution >= 0.6 is 0 Å². The Labute approximate surface area is 254 Å². The average Bonchev–Trinajstić information content (AvgIpc) is 3.48. The van der Waals surface area contributed by atoms with E-state index in [0.717, 1.165) is 35.5 Å². The van der Waals surface area contributed by atoms with Crippen LogP contribution in [0, 0.1) is 47.3 Å². The lowest BCUT2D eigenvalue weighted by Crippen LogP contribution is -2.16. The lowest BCUT2D eigenvalue weighted by molar-refractivity contribution is 0.246. The largest absolute Gasteiger partial charge is 0.0996 e. The van der Waals surface area contributed by atoms with Crippen LogP contribution in [-0.2, 0) is 0 Å². The van der Waals surface area contributed by atoms with Crippen molar-refractivity contribution in [1.82, 2.24) is 0 Å². The van der Waals surface area contributed by atoms with E-state index in [1.54, 1.807) is 5.57 Å². The predicted molar refractivity (Wildman–Crippen MR) is 186 cm³/mol. The lowest BCUT2D eigenvalue weighted by Gasteiger charge is -2.28. The van der Waals surface area contributed by atoms with Crippen molar-refractivity contribution in [3.05, 3.63) is 55.0 Å². The van der Waals surface area contributed by atoms with Gasteiger partial charge in [-0.15, -0.1) is 0 Å². The summed E-state index contributed by atoms with van der Waals surface area (Å²) in [7, 11) is 0. The summed E-state index contributed by atoms with van der Waals surface area (Å²) in [5.41, 5.74) is 2.03. The van der Waals surface area contributed by atoms with Crippen molar-refractivity contribution in [2.75, 3.05) is 0 Å². The summed E-state index contributed by atoms with van der Waals surface area (Å²) in [5.74, 6) is 5.26. The van der Waals surface area contributed by atoms with Crippen molar-refractivity contribution >= 4 is 0 Å². The molecule has 40 heavy (non-hydrogen) atoms. The minimum absolute atomic E-state index is 0.473. The van der Waals surface area contributed by atoms with Gasteiger partial charge in [0.15, 0.2) is 0 Å². The second kappa shape index (κ2) is 23.5. The molecule has 0 amide bonds. The van der Waals surface area contributed by atoms with E-state index >= 15 is 0 Å². The summed E-state index contributed by atoms with van der Waals surface area (Å²) < 4.78 is 0. The van der Waals surface area contributed by atoms with Crippen LogP contribution in [0.3, 0.4) is 0 Å². The Hall–Kier alpha value is -1.04. The molecule has 233 valence electrons. The molecule has 2 rings (SSSR count). The molecule has 0 aromatic rings. The van der Waals surface area contributed by atoms with Crippen LogP contribution in [0.4, 0.5) is 0 Å². The zero-order valence-corrected chi connectivity index (χ0v) is 29.1. The minimum atomic E-state index is 0.473. The van der Waals surface area contributed by atoms with Gasteiger partial charge in [0, 0.05) is 6.42 Å². The standard InChI is InChI=1S/C22H42.C13H26.C5H5/c1-9-10-17(4)19(13-14-22(6,7)8)12-11-18(5)21-15-20(21)16(2)3;1-4-7-9-12-13(10-6-3)11-8-5-2;1-2-4-5-3-1/h16-17,19-21H,5,9-15H2,1-4,6-8H3;8,11,13H,4-7,9-10,12H2,1-3H3;1-5H/b;11-8-;/t17?,19-,20?,21?;;/m0../s1. The SMILES string of the molecule is C=C(CC[C@@H](CCC(C)(C)C)C(C)CCC)C1CC1C(C)C.CC/C=C\C(CCC)CCCCC.[CH]1C=CC=C1. The fourth-order valence-electron chi connectivity index (χ4n) is 6.01. The summed E-state index contributed by atoms with van der Waals surface area (Å²) in [4.78, 5) is 0. The molecular weight excluding hydrogens is 480 g/mol. The molecule has 5 atom stereocenters. The number of hydrogen-bond donors (Lipinski definition) is 0. The minimum Gasteiger partial charge on any atom is -0.0996 e. The highest BCUT2D eigenvalue weighted by Crippen LogP contribution is 2.49. The molecule has 0 aliphatic heterocycles. The highest BCUT2D eigenvalue weighted by Gasteiger charge is 2.40. The van der Waals surface area contributed by atoms with E-state index in [4.69, 9.17) is 0 Å². The first kappa shape index (κ1) is 39.0. The van der Waals surface area contributed by atoms with E-state index in [1.807, 2.05) is 30.7 Å². The number of allylic oxidation sites excluding steroid dienone is 7. The van der Waals surface area contributed by atoms with Crippen LogP contribution in [0.15, 0.2) is 48.6 Å². The van der Waals surface area contributed by atoms with Gasteiger partial charge >= 0.3 is 0 Å². The Morgan fingerprint density at radius 2 is 1.48 bits per heavy atom. The van der Waals surface area contributed by atoms with E-state index < -0.39 is 0 Å². The van der Waals surface area contributed by atoms with Crippen LogP contribution in [0.25, 0.3) is 0 Å². The maximum absolute atomic E-state index is 4.44. The molecule has 0 saturated heterocycles. The fraction of sp³-hybridized carbons (Fsp3) is 0.775. The molecule has 0 nitrogen and oxygen atoms in total. The zero-order chi connectivity index (χ0) is 30.4. The Kier molecular flexibility index (Phi) is 22.9. The summed E-state index contributed by atoms with van der Waals surface area (Å²) in [6.07, 6.45) is 33.7. The molecule has 0 heterocycles. The third kappa shape index (κ3) is 20.8. The van der Waals surface area contributed by atoms with E-state index in [9.17, 15) is 0 Å². The van der Waals surface area contributed by atoms with Gasteiger partial charge in [-0.05, 0) is 92.3 Å². The third-order valence-corrected chi connectivity index (χ3v) is 8.91. The smallest absolute Gasteiger partial charge is 0.00506 e. The maximum Gasteiger partial charge on any atom is 0.00506 e. The maximum atomic E-state index is 4.44. The van der Waals surface area contributed by atoms with Gasteiger partial charge in [-0.25, -0.2) is 0 Å². The monoisotopic (exact) mass is 554 g/mol. The molecule has 0 aromatic heterocycles. The topological polar surface area (TPSA) is 0 Å². The van der Waals surface area contributed by atoms with Crippen molar-refractivity contribution in [1.29, 1.82) is 0 Å². The predicted octanol–water partition coefficient (Wildman–Crippen LogP) is 13.8. The van der Waals surface area contributed by atoms with Gasteiger partial charge in [0.05, 0.1) is 0 Å². The van der Waals surface area contributed by atoms with Crippen molar-refractivity contribution in [3.8, 4) is 0 Å². The second-order valence-electron chi connectivity index (χ2n) is 14.4. The van der Waals surface area contributed by atoms with Crippen LogP contribution in [0.2, 0.25) is 0 Å². The summed E-state index contributed by atoms with van der Waals surface area (Å²) in [6, 6.07) is 0. The molecule has 1 saturated carbocycles. The molecule has 0 bridgehead atoms. The molecule has 1 fully saturated rings. The van der Waals surface area contributed by atoms with Crippen molar-refractivity contribution < 1.29 is 0 Å². The van der Waals surface area contributed by atoms with E-state index in [0.29, 0.717) is 5.41 Å². The van der Waals surface area contributed by atoms with Crippen LogP contribution in [0.1, 0.15) is 159 Å². The molecule has 0 heteroatoms. The fourth-order valence-corrected chi connectivity index (χ4v) is 6.01. The van der Waals surface area contributed by atoms with Crippen molar-refractivity contribution in [2.45, 2.75) is 159 Å². The first-order valence-electron chi connectivity index (χ1n) is 17.5. The van der Waals surface area contributed by atoms with Crippen molar-refractivity contribution in [2.24, 2.45) is 40.9 Å². The zero-order valence-electron chi connectivity index (χ0n) is 29.1. The van der Waals surface area contributed by atoms with Gasteiger partial charge in [0.1, 0.15) is 0 Å². The summed E-state index contributed by atoms with van der Waals surface area (Å²) >= 11 is 0. The molecule has 2 aliphatic rings. The summed E-state index contributed by atoms with van der Waals surface area (Å²) in [5, 5.41) is 0. The molecule has 0 N–H and O–H groups in total. The van der Waals surface area contributed by atoms with E-state index in [2.05, 4.69) is 88.0 Å². The number of hydrogen-bond acceptors (Lipinski definition) is 0. The molecule has 2 aliphatic carbocycles.